The zero-order valence-electron chi connectivity index (χ0n) is 59.3. The summed E-state index contributed by atoms with van der Waals surface area (Å²) in [7, 11) is 0. The van der Waals surface area contributed by atoms with Crippen LogP contribution in [-0.2, 0) is 33.2 Å². The van der Waals surface area contributed by atoms with Crippen molar-refractivity contribution in [3.05, 3.63) is 109 Å². The third-order valence-electron chi connectivity index (χ3n) is 18.0. The predicted octanol–water partition coefficient (Wildman–Crippen LogP) is 11.4. The van der Waals surface area contributed by atoms with Crippen molar-refractivity contribution in [3.63, 3.8) is 0 Å². The third-order valence-corrected chi connectivity index (χ3v) is 18.0. The van der Waals surface area contributed by atoms with E-state index < -0.39 is 131 Å². The first-order valence-corrected chi connectivity index (χ1v) is 37.6. The van der Waals surface area contributed by atoms with Crippen molar-refractivity contribution in [2.45, 2.75) is 349 Å². The number of carbonyl (C=O) groups is 1. The van der Waals surface area contributed by atoms with Crippen LogP contribution in [-0.4, -0.2) is 193 Å². The fourth-order valence-corrected chi connectivity index (χ4v) is 12.0. The minimum absolute atomic E-state index is 0.100. The van der Waals surface area contributed by atoms with Gasteiger partial charge in [0.15, 0.2) is 18.9 Å². The van der Waals surface area contributed by atoms with Crippen LogP contribution < -0.4 is 5.32 Å². The Bertz CT molecular complexity index is 2180. The van der Waals surface area contributed by atoms with Gasteiger partial charge in [-0.05, 0) is 83.5 Å². The number of allylic oxidation sites excluding steroid dienone is 17. The summed E-state index contributed by atoms with van der Waals surface area (Å²) < 4.78 is 34.3. The molecule has 0 aromatic carbocycles. The van der Waals surface area contributed by atoms with Crippen LogP contribution in [0.15, 0.2) is 109 Å². The molecule has 0 aliphatic carbocycles. The standard InChI is InChI=1S/C78H133NO18/c1-3-5-7-9-11-13-15-17-19-21-23-24-25-26-27-28-29-30-31-32-33-34-35-36-38-39-41-43-45-47-49-51-53-55-62(83)61(79-66(84)56-54-52-50-48-46-44-42-40-37-22-20-18-16-14-12-10-8-6-4-2)60-92-76-72(90)69(87)74(64(58-81)94-76)97-78-73(91)70(88)75(65(59-82)95-78)96-77-71(89)68(86)67(85)63(57-80)93-77/h6,8,12,14,18,20,37-40,44-47,50,52-53,55,61-65,67-78,80-83,85-91H,3-5,7,9-11,13,15-17,19,21-36,41-43,48-49,51,54,56-60H2,1-2H3,(H,79,84)/b8-6-,14-12-,20-18-,39-38+,40-37-,46-44-,47-45+,52-50-,55-53+. The van der Waals surface area contributed by atoms with Crippen LogP contribution in [0.1, 0.15) is 245 Å². The smallest absolute Gasteiger partial charge is 0.220 e. The van der Waals surface area contributed by atoms with Gasteiger partial charge in [0.1, 0.15) is 73.2 Å². The zero-order chi connectivity index (χ0) is 70.4. The lowest BCUT2D eigenvalue weighted by Crippen LogP contribution is -2.66. The van der Waals surface area contributed by atoms with Gasteiger partial charge in [0.05, 0.1) is 38.6 Å². The molecule has 12 N–H and O–H groups in total. The van der Waals surface area contributed by atoms with Gasteiger partial charge in [0, 0.05) is 6.42 Å². The number of amides is 1. The van der Waals surface area contributed by atoms with E-state index in [4.69, 9.17) is 28.4 Å². The Hall–Kier alpha value is -3.55. The molecule has 0 saturated carbocycles. The molecule has 3 rings (SSSR count). The molecule has 97 heavy (non-hydrogen) atoms. The Kier molecular flexibility index (Phi) is 52.4. The van der Waals surface area contributed by atoms with E-state index in [2.05, 4.69) is 104 Å². The number of ether oxygens (including phenoxy) is 6. The highest BCUT2D eigenvalue weighted by Crippen LogP contribution is 2.33. The number of hydrogen-bond acceptors (Lipinski definition) is 18. The average molecular weight is 1370 g/mol. The molecular formula is C78H133NO18. The van der Waals surface area contributed by atoms with Gasteiger partial charge in [0.25, 0.3) is 0 Å². The van der Waals surface area contributed by atoms with Crippen molar-refractivity contribution >= 4 is 5.91 Å². The minimum Gasteiger partial charge on any atom is -0.394 e. The van der Waals surface area contributed by atoms with Crippen LogP contribution in [0.3, 0.4) is 0 Å². The molecule has 0 bridgehead atoms. The van der Waals surface area contributed by atoms with Gasteiger partial charge in [-0.15, -0.1) is 0 Å². The summed E-state index contributed by atoms with van der Waals surface area (Å²) >= 11 is 0. The molecule has 0 spiro atoms. The van der Waals surface area contributed by atoms with E-state index in [9.17, 15) is 61.0 Å². The molecule has 19 nitrogen and oxygen atoms in total. The van der Waals surface area contributed by atoms with Crippen LogP contribution >= 0.6 is 0 Å². The SMILES string of the molecule is CC/C=C\C/C=C\C/C=C\C/C=C\C/C=C\C/C=C\CCC(=O)NC(COC1OC(CO)C(OC2OC(CO)C(OC3OC(CO)C(O)C(O)C3O)C(O)C2O)C(O)C1O)C(O)/C=C/CC/C=C/CC/C=C/CCCCCCCCCCCCCCCCCCCCCCCCC. The lowest BCUT2D eigenvalue weighted by atomic mass is 9.96. The van der Waals surface area contributed by atoms with Gasteiger partial charge in [-0.25, -0.2) is 0 Å². The first kappa shape index (κ1) is 87.7. The highest BCUT2D eigenvalue weighted by Gasteiger charge is 2.53. The fraction of sp³-hybridized carbons (Fsp3) is 0.756. The highest BCUT2D eigenvalue weighted by molar-refractivity contribution is 5.76. The Morgan fingerprint density at radius 2 is 0.722 bits per heavy atom. The van der Waals surface area contributed by atoms with E-state index >= 15 is 0 Å². The molecule has 3 fully saturated rings. The lowest BCUT2D eigenvalue weighted by molar-refractivity contribution is -0.379. The van der Waals surface area contributed by atoms with Gasteiger partial charge in [0.2, 0.25) is 5.91 Å². The average Bonchev–Trinajstić information content (AvgIpc) is 0.795. The van der Waals surface area contributed by atoms with Gasteiger partial charge in [-0.1, -0.05) is 264 Å². The summed E-state index contributed by atoms with van der Waals surface area (Å²) in [4.78, 5) is 13.4. The lowest BCUT2D eigenvalue weighted by Gasteiger charge is -2.48. The Labute approximate surface area is 583 Å². The zero-order valence-corrected chi connectivity index (χ0v) is 59.3. The van der Waals surface area contributed by atoms with Crippen LogP contribution in [0.5, 0.6) is 0 Å². The van der Waals surface area contributed by atoms with Crippen molar-refractivity contribution < 1.29 is 89.4 Å². The van der Waals surface area contributed by atoms with Crippen LogP contribution in [0.2, 0.25) is 0 Å². The van der Waals surface area contributed by atoms with Crippen molar-refractivity contribution in [1.29, 1.82) is 0 Å². The van der Waals surface area contributed by atoms with E-state index in [1.165, 1.54) is 148 Å². The third kappa shape index (κ3) is 38.9. The molecule has 0 aromatic heterocycles. The number of aliphatic hydroxyl groups is 11. The van der Waals surface area contributed by atoms with E-state index in [1.807, 2.05) is 18.2 Å². The van der Waals surface area contributed by atoms with E-state index in [1.54, 1.807) is 6.08 Å². The maximum absolute atomic E-state index is 13.4. The summed E-state index contributed by atoms with van der Waals surface area (Å²) in [6.45, 7) is 1.54. The first-order valence-electron chi connectivity index (χ1n) is 37.6. The number of carbonyl (C=O) groups excluding carboxylic acids is 1. The second kappa shape index (κ2) is 58.0. The van der Waals surface area contributed by atoms with Gasteiger partial charge >= 0.3 is 0 Å². The predicted molar refractivity (Wildman–Crippen MR) is 383 cm³/mol. The number of unbranched alkanes of at least 4 members (excludes halogenated alkanes) is 25. The largest absolute Gasteiger partial charge is 0.394 e. The number of hydrogen-bond donors (Lipinski definition) is 12. The van der Waals surface area contributed by atoms with Crippen molar-refractivity contribution in [3.8, 4) is 0 Å². The topological polar surface area (TPSA) is 307 Å². The van der Waals surface area contributed by atoms with E-state index in [0.717, 1.165) is 57.8 Å². The summed E-state index contributed by atoms with van der Waals surface area (Å²) in [5.74, 6) is -0.374. The second-order valence-corrected chi connectivity index (χ2v) is 26.4. The quantitative estimate of drug-likeness (QED) is 0.0199. The molecule has 17 unspecified atom stereocenters. The van der Waals surface area contributed by atoms with Crippen molar-refractivity contribution in [2.75, 3.05) is 26.4 Å². The van der Waals surface area contributed by atoms with E-state index in [-0.39, 0.29) is 12.3 Å². The Balaban J connectivity index is 1.42. The monoisotopic (exact) mass is 1370 g/mol. The first-order chi connectivity index (χ1) is 47.3. The molecule has 3 heterocycles. The summed E-state index contributed by atoms with van der Waals surface area (Å²) in [6, 6.07) is -1.05. The summed E-state index contributed by atoms with van der Waals surface area (Å²) in [6.07, 6.45) is 52.5. The molecule has 3 saturated heterocycles. The number of rotatable bonds is 57. The molecule has 1 amide bonds. The van der Waals surface area contributed by atoms with Gasteiger partial charge < -0.3 is 89.9 Å². The number of nitrogens with one attached hydrogen (secondary N) is 1. The normalized spacial score (nSPS) is 27.5. The molecule has 558 valence electrons. The molecule has 0 aromatic rings. The molecule has 0 radical (unpaired) electrons. The van der Waals surface area contributed by atoms with Crippen molar-refractivity contribution in [2.24, 2.45) is 0 Å². The van der Waals surface area contributed by atoms with Crippen LogP contribution in [0, 0.1) is 0 Å². The molecule has 3 aliphatic rings. The minimum atomic E-state index is -2.00. The molecule has 19 heteroatoms. The molecular weight excluding hydrogens is 1240 g/mol. The van der Waals surface area contributed by atoms with Gasteiger partial charge in [-0.3, -0.25) is 4.79 Å². The number of aliphatic hydroxyl groups excluding tert-OH is 11. The Morgan fingerprint density at radius 1 is 0.381 bits per heavy atom. The van der Waals surface area contributed by atoms with Crippen LogP contribution in [0.4, 0.5) is 0 Å². The fourth-order valence-electron chi connectivity index (χ4n) is 12.0. The molecule has 3 aliphatic heterocycles. The van der Waals surface area contributed by atoms with Crippen LogP contribution in [0.25, 0.3) is 0 Å². The summed E-state index contributed by atoms with van der Waals surface area (Å²) in [5, 5.41) is 121. The van der Waals surface area contributed by atoms with Gasteiger partial charge in [-0.2, -0.15) is 0 Å². The van der Waals surface area contributed by atoms with Crippen molar-refractivity contribution in [1.82, 2.24) is 5.32 Å². The Morgan fingerprint density at radius 3 is 1.14 bits per heavy atom. The highest BCUT2D eigenvalue weighted by atomic mass is 16.8. The summed E-state index contributed by atoms with van der Waals surface area (Å²) in [5.41, 5.74) is 0. The maximum Gasteiger partial charge on any atom is 0.220 e. The molecule has 17 atom stereocenters. The second-order valence-electron chi connectivity index (χ2n) is 26.4. The maximum atomic E-state index is 13.4. The van der Waals surface area contributed by atoms with E-state index in [0.29, 0.717) is 19.3 Å².